The highest BCUT2D eigenvalue weighted by Gasteiger charge is 2.58. The maximum absolute atomic E-state index is 13.2. The lowest BCUT2D eigenvalue weighted by Crippen LogP contribution is -2.51. The van der Waals surface area contributed by atoms with E-state index in [1.54, 1.807) is 0 Å². The van der Waals surface area contributed by atoms with Crippen molar-refractivity contribution < 1.29 is 14.3 Å². The fraction of sp³-hybridized carbons (Fsp3) is 0.952. The molecule has 2 nitrogen and oxygen atoms in total. The number of aliphatic hydroxyl groups is 1. The largest absolute Gasteiger partial charge is 0.387 e. The summed E-state index contributed by atoms with van der Waals surface area (Å²) in [6.07, 6.45) is 9.36. The smallest absolute Gasteiger partial charge is 0.128 e. The minimum Gasteiger partial charge on any atom is -0.387 e. The molecular weight excluding hydrogens is 314 g/mol. The molecule has 8 unspecified atom stereocenters. The first kappa shape index (κ1) is 18.0. The molecule has 138 valence electrons. The number of hydrogen-bond acceptors (Lipinski definition) is 2. The van der Waals surface area contributed by atoms with E-state index in [1.165, 1.54) is 19.3 Å². The van der Waals surface area contributed by atoms with Crippen LogP contribution in [0.4, 0.5) is 4.39 Å². The molecule has 4 fully saturated rings. The molecule has 0 saturated heterocycles. The lowest BCUT2D eigenvalue weighted by atomic mass is 9.48. The second-order valence-corrected chi connectivity index (χ2v) is 9.88. The normalized spacial score (nSPS) is 52.1. The zero-order valence-corrected chi connectivity index (χ0v) is 15.6. The average Bonchev–Trinajstić information content (AvgIpc) is 2.98. The van der Waals surface area contributed by atoms with Gasteiger partial charge in [-0.3, -0.25) is 0 Å². The minimum absolute atomic E-state index is 0.152. The predicted octanol–water partition coefficient (Wildman–Crippen LogP) is 4.11. The Morgan fingerprint density at radius 3 is 2.56 bits per heavy atom. The van der Waals surface area contributed by atoms with Crippen molar-refractivity contribution in [1.29, 1.82) is 0 Å². The summed E-state index contributed by atoms with van der Waals surface area (Å²) in [6, 6.07) is 0. The lowest BCUT2D eigenvalue weighted by Gasteiger charge is -2.57. The van der Waals surface area contributed by atoms with Gasteiger partial charge < -0.3 is 9.90 Å². The molecule has 4 heteroatoms. The number of carbonyl (C=O) groups excluding carboxylic acids is 1. The van der Waals surface area contributed by atoms with Crippen molar-refractivity contribution in [1.82, 2.24) is 0 Å². The third kappa shape index (κ3) is 2.73. The number of Topliss-reactive ketones (excluding diaryl/α,β-unsaturated/α-hetero) is 1. The van der Waals surface area contributed by atoms with Crippen LogP contribution in [-0.4, -0.2) is 31.0 Å². The highest BCUT2D eigenvalue weighted by Crippen LogP contribution is 2.64. The van der Waals surface area contributed by atoms with Crippen LogP contribution in [0.1, 0.15) is 64.7 Å². The van der Waals surface area contributed by atoms with Gasteiger partial charge in [-0.25, -0.2) is 4.39 Å². The van der Waals surface area contributed by atoms with Gasteiger partial charge in [0.25, 0.3) is 0 Å². The molecule has 4 rings (SSSR count). The SMILES string of the molecule is [B]CC(=O)C1CCC2C3CCC4CC(O)(CF)CCC4C3CCC12C. The number of alkyl halides is 1. The zero-order chi connectivity index (χ0) is 17.8. The van der Waals surface area contributed by atoms with Crippen LogP contribution in [0.15, 0.2) is 0 Å². The Morgan fingerprint density at radius 2 is 1.84 bits per heavy atom. The topological polar surface area (TPSA) is 37.3 Å². The average molecular weight is 346 g/mol. The van der Waals surface area contributed by atoms with Crippen LogP contribution in [0.3, 0.4) is 0 Å². The standard InChI is InChI=1S/C21H32BFO2/c1-20-8-6-15-14-7-9-21(25,12-23)10-13(14)2-3-16(15)17(20)4-5-18(20)19(24)11-22/h13-18,25H,2-12H2,1H3. The van der Waals surface area contributed by atoms with Crippen LogP contribution >= 0.6 is 0 Å². The summed E-state index contributed by atoms with van der Waals surface area (Å²) in [7, 11) is 5.69. The summed E-state index contributed by atoms with van der Waals surface area (Å²) >= 11 is 0. The van der Waals surface area contributed by atoms with E-state index in [9.17, 15) is 14.3 Å². The van der Waals surface area contributed by atoms with Crippen molar-refractivity contribution in [2.24, 2.45) is 40.9 Å². The molecule has 4 aliphatic rings. The highest BCUT2D eigenvalue weighted by atomic mass is 19.1. The third-order valence-electron chi connectivity index (χ3n) is 8.94. The number of hydrogen-bond donors (Lipinski definition) is 1. The molecule has 0 spiro atoms. The number of halogens is 1. The number of fused-ring (bicyclic) bond motifs is 5. The first-order valence-electron chi connectivity index (χ1n) is 10.4. The Morgan fingerprint density at radius 1 is 1.08 bits per heavy atom. The van der Waals surface area contributed by atoms with E-state index < -0.39 is 12.3 Å². The van der Waals surface area contributed by atoms with Gasteiger partial charge >= 0.3 is 0 Å². The monoisotopic (exact) mass is 346 g/mol. The van der Waals surface area contributed by atoms with Crippen LogP contribution in [0.5, 0.6) is 0 Å². The molecule has 8 atom stereocenters. The number of ketones is 1. The Kier molecular flexibility index (Phi) is 4.58. The number of carbonyl (C=O) groups is 1. The molecule has 0 aromatic rings. The molecule has 0 bridgehead atoms. The molecular formula is C21H32BFO2. The minimum atomic E-state index is -1.05. The van der Waals surface area contributed by atoms with Gasteiger partial charge in [0.2, 0.25) is 0 Å². The molecule has 25 heavy (non-hydrogen) atoms. The molecule has 4 aliphatic carbocycles. The van der Waals surface area contributed by atoms with Crippen LogP contribution in [0.2, 0.25) is 6.32 Å². The molecule has 4 saturated carbocycles. The van der Waals surface area contributed by atoms with E-state index in [4.69, 9.17) is 7.85 Å². The van der Waals surface area contributed by atoms with E-state index >= 15 is 0 Å². The summed E-state index contributed by atoms with van der Waals surface area (Å²) in [4.78, 5) is 12.4. The van der Waals surface area contributed by atoms with Crippen molar-refractivity contribution in [2.45, 2.75) is 76.6 Å². The van der Waals surface area contributed by atoms with Crippen LogP contribution < -0.4 is 0 Å². The van der Waals surface area contributed by atoms with Gasteiger partial charge in [-0.15, -0.1) is 0 Å². The highest BCUT2D eigenvalue weighted by molar-refractivity contribution is 6.20. The predicted molar refractivity (Wildman–Crippen MR) is 97.1 cm³/mol. The van der Waals surface area contributed by atoms with E-state index in [2.05, 4.69) is 6.92 Å². The van der Waals surface area contributed by atoms with Gasteiger partial charge in [-0.2, -0.15) is 0 Å². The Hall–Kier alpha value is -0.375. The summed E-state index contributed by atoms with van der Waals surface area (Å²) in [5.74, 6) is 3.73. The molecule has 0 heterocycles. The van der Waals surface area contributed by atoms with Crippen LogP contribution in [0, 0.1) is 40.9 Å². The van der Waals surface area contributed by atoms with Gasteiger partial charge in [-0.05, 0) is 99.1 Å². The van der Waals surface area contributed by atoms with Gasteiger partial charge in [0.05, 0.1) is 13.4 Å². The number of rotatable bonds is 3. The van der Waals surface area contributed by atoms with E-state index in [-0.39, 0.29) is 23.4 Å². The van der Waals surface area contributed by atoms with Crippen molar-refractivity contribution in [2.75, 3.05) is 6.67 Å². The van der Waals surface area contributed by atoms with Gasteiger partial charge in [0, 0.05) is 5.92 Å². The molecule has 2 radical (unpaired) electrons. The second-order valence-electron chi connectivity index (χ2n) is 9.88. The maximum atomic E-state index is 13.2. The summed E-state index contributed by atoms with van der Waals surface area (Å²) in [6.45, 7) is 1.77. The van der Waals surface area contributed by atoms with E-state index in [0.717, 1.165) is 37.5 Å². The summed E-state index contributed by atoms with van der Waals surface area (Å²) in [5, 5.41) is 10.4. The first-order chi connectivity index (χ1) is 11.9. The summed E-state index contributed by atoms with van der Waals surface area (Å²) in [5.41, 5.74) is -0.901. The Balaban J connectivity index is 1.52. The Bertz CT molecular complexity index is 540. The molecule has 1 N–H and O–H groups in total. The fourth-order valence-corrected chi connectivity index (χ4v) is 7.76. The van der Waals surface area contributed by atoms with Gasteiger partial charge in [0.1, 0.15) is 12.5 Å². The van der Waals surface area contributed by atoms with Crippen molar-refractivity contribution >= 4 is 13.6 Å². The lowest BCUT2D eigenvalue weighted by molar-refractivity contribution is -0.131. The maximum Gasteiger partial charge on any atom is 0.128 e. The Labute approximate surface area is 152 Å². The molecule has 0 aromatic carbocycles. The van der Waals surface area contributed by atoms with Crippen LogP contribution in [0.25, 0.3) is 0 Å². The molecule has 0 amide bonds. The summed E-state index contributed by atoms with van der Waals surface area (Å²) < 4.78 is 13.2. The van der Waals surface area contributed by atoms with E-state index in [1.807, 2.05) is 0 Å². The second kappa shape index (κ2) is 6.35. The molecule has 0 aromatic heterocycles. The van der Waals surface area contributed by atoms with Gasteiger partial charge in [0.15, 0.2) is 0 Å². The van der Waals surface area contributed by atoms with Crippen molar-refractivity contribution in [3.63, 3.8) is 0 Å². The van der Waals surface area contributed by atoms with E-state index in [0.29, 0.717) is 30.6 Å². The molecule has 0 aliphatic heterocycles. The van der Waals surface area contributed by atoms with Crippen molar-refractivity contribution in [3.05, 3.63) is 0 Å². The third-order valence-corrected chi connectivity index (χ3v) is 8.94. The first-order valence-corrected chi connectivity index (χ1v) is 10.4. The quantitative estimate of drug-likeness (QED) is 0.781. The zero-order valence-electron chi connectivity index (χ0n) is 15.6. The fourth-order valence-electron chi connectivity index (χ4n) is 7.76. The van der Waals surface area contributed by atoms with Crippen molar-refractivity contribution in [3.8, 4) is 0 Å². The van der Waals surface area contributed by atoms with Gasteiger partial charge in [-0.1, -0.05) is 6.92 Å². The van der Waals surface area contributed by atoms with Crippen LogP contribution in [-0.2, 0) is 4.79 Å².